The van der Waals surface area contributed by atoms with Gasteiger partial charge in [-0.2, -0.15) is 0 Å². The fourth-order valence-corrected chi connectivity index (χ4v) is 3.10. The molecule has 2 rings (SSSR count). The lowest BCUT2D eigenvalue weighted by Crippen LogP contribution is -2.25. The summed E-state index contributed by atoms with van der Waals surface area (Å²) in [4.78, 5) is 14.7. The van der Waals surface area contributed by atoms with Gasteiger partial charge in [0.05, 0.1) is 16.0 Å². The van der Waals surface area contributed by atoms with E-state index in [-0.39, 0.29) is 5.78 Å². The summed E-state index contributed by atoms with van der Waals surface area (Å²) < 4.78 is 0. The van der Waals surface area contributed by atoms with Gasteiger partial charge < -0.3 is 10.6 Å². The van der Waals surface area contributed by atoms with Crippen molar-refractivity contribution in [2.75, 3.05) is 13.6 Å². The van der Waals surface area contributed by atoms with E-state index < -0.39 is 0 Å². The second-order valence-electron chi connectivity index (χ2n) is 3.50. The first-order valence-electron chi connectivity index (χ1n) is 4.77. The van der Waals surface area contributed by atoms with Gasteiger partial charge in [0, 0.05) is 13.5 Å². The molecule has 4 heteroatoms. The third kappa shape index (κ3) is 1.48. The number of allylic oxidation sites excluding steroid dienone is 3. The first-order valence-corrected chi connectivity index (χ1v) is 5.65. The molecule has 1 atom stereocenters. The number of nitrogens with two attached hydrogens (primary N) is 1. The average Bonchev–Trinajstić information content (AvgIpc) is 2.48. The van der Waals surface area contributed by atoms with Crippen LogP contribution in [0.1, 0.15) is 12.8 Å². The summed E-state index contributed by atoms with van der Waals surface area (Å²) in [5.41, 5.74) is 6.61. The Kier molecular flexibility index (Phi) is 2.65. The molecular weight excluding hydrogens is 196 g/mol. The van der Waals surface area contributed by atoms with Gasteiger partial charge in [-0.05, 0) is 19.0 Å². The lowest BCUT2D eigenvalue weighted by Gasteiger charge is -2.22. The van der Waals surface area contributed by atoms with Gasteiger partial charge in [-0.15, -0.1) is 0 Å². The van der Waals surface area contributed by atoms with Crippen LogP contribution in [0, 0.1) is 0 Å². The quantitative estimate of drug-likeness (QED) is 0.741. The first kappa shape index (κ1) is 9.80. The third-order valence-electron chi connectivity index (χ3n) is 2.54. The molecule has 0 aromatic rings. The van der Waals surface area contributed by atoms with Crippen LogP contribution in [0.25, 0.3) is 0 Å². The molecule has 0 aromatic carbocycles. The standard InChI is InChI=1S/C10H14N2OS/c1-12-7-3-2-4-8(13)10(7)14-9(12)5-6-11/h2-3,9H,4-6,11H2,1H3. The molecule has 2 N–H and O–H groups in total. The molecule has 76 valence electrons. The molecule has 0 aromatic heterocycles. The highest BCUT2D eigenvalue weighted by atomic mass is 32.2. The zero-order valence-corrected chi connectivity index (χ0v) is 9.01. The Morgan fingerprint density at radius 3 is 3.14 bits per heavy atom. The van der Waals surface area contributed by atoms with E-state index in [1.165, 1.54) is 0 Å². The molecule has 14 heavy (non-hydrogen) atoms. The maximum atomic E-state index is 11.6. The van der Waals surface area contributed by atoms with E-state index in [0.717, 1.165) is 17.0 Å². The summed E-state index contributed by atoms with van der Waals surface area (Å²) in [7, 11) is 2.03. The van der Waals surface area contributed by atoms with Crippen LogP contribution in [-0.4, -0.2) is 29.6 Å². The Labute approximate surface area is 88.0 Å². The van der Waals surface area contributed by atoms with Gasteiger partial charge >= 0.3 is 0 Å². The molecule has 0 saturated heterocycles. The van der Waals surface area contributed by atoms with Crippen LogP contribution in [0.15, 0.2) is 22.8 Å². The van der Waals surface area contributed by atoms with Gasteiger partial charge in [-0.3, -0.25) is 4.79 Å². The first-order chi connectivity index (χ1) is 6.74. The third-order valence-corrected chi connectivity index (χ3v) is 4.04. The van der Waals surface area contributed by atoms with E-state index in [9.17, 15) is 4.79 Å². The Balaban J connectivity index is 2.20. The number of ketones is 1. The van der Waals surface area contributed by atoms with Gasteiger partial charge in [0.15, 0.2) is 5.78 Å². The molecule has 0 saturated carbocycles. The van der Waals surface area contributed by atoms with Gasteiger partial charge in [0.2, 0.25) is 0 Å². The van der Waals surface area contributed by atoms with Crippen molar-refractivity contribution in [2.24, 2.45) is 5.73 Å². The zero-order valence-electron chi connectivity index (χ0n) is 8.19. The van der Waals surface area contributed by atoms with Crippen molar-refractivity contribution in [2.45, 2.75) is 18.2 Å². The minimum atomic E-state index is 0.249. The lowest BCUT2D eigenvalue weighted by molar-refractivity contribution is -0.114. The van der Waals surface area contributed by atoms with Crippen LogP contribution in [0.5, 0.6) is 0 Å². The number of carbonyl (C=O) groups is 1. The van der Waals surface area contributed by atoms with Crippen molar-refractivity contribution in [1.82, 2.24) is 4.90 Å². The summed E-state index contributed by atoms with van der Waals surface area (Å²) in [6, 6.07) is 0. The maximum Gasteiger partial charge on any atom is 0.175 e. The van der Waals surface area contributed by atoms with Crippen molar-refractivity contribution in [3.63, 3.8) is 0 Å². The molecule has 3 nitrogen and oxygen atoms in total. The van der Waals surface area contributed by atoms with Crippen LogP contribution in [0.4, 0.5) is 0 Å². The summed E-state index contributed by atoms with van der Waals surface area (Å²) in [5, 5.41) is 0.344. The molecule has 1 aliphatic carbocycles. The van der Waals surface area contributed by atoms with Crippen molar-refractivity contribution < 1.29 is 4.79 Å². The minimum Gasteiger partial charge on any atom is -0.361 e. The molecule has 0 spiro atoms. The fraction of sp³-hybridized carbons (Fsp3) is 0.500. The number of likely N-dealkylation sites (N-methyl/N-ethyl adjacent to an activating group) is 1. The monoisotopic (exact) mass is 210 g/mol. The second-order valence-corrected chi connectivity index (χ2v) is 4.69. The summed E-state index contributed by atoms with van der Waals surface area (Å²) in [5.74, 6) is 0.249. The normalized spacial score (nSPS) is 26.0. The Morgan fingerprint density at radius 1 is 1.71 bits per heavy atom. The number of nitrogens with zero attached hydrogens (tertiary/aromatic N) is 1. The summed E-state index contributed by atoms with van der Waals surface area (Å²) >= 11 is 1.66. The van der Waals surface area contributed by atoms with Crippen molar-refractivity contribution >= 4 is 17.5 Å². The van der Waals surface area contributed by atoms with E-state index in [0.29, 0.717) is 18.3 Å². The highest BCUT2D eigenvalue weighted by Gasteiger charge is 2.32. The van der Waals surface area contributed by atoms with E-state index in [2.05, 4.69) is 4.90 Å². The van der Waals surface area contributed by atoms with Crippen LogP contribution in [-0.2, 0) is 4.79 Å². The summed E-state index contributed by atoms with van der Waals surface area (Å²) in [6.07, 6.45) is 5.45. The molecule has 0 radical (unpaired) electrons. The van der Waals surface area contributed by atoms with E-state index in [1.54, 1.807) is 11.8 Å². The van der Waals surface area contributed by atoms with Crippen LogP contribution >= 0.6 is 11.8 Å². The van der Waals surface area contributed by atoms with Gasteiger partial charge in [-0.25, -0.2) is 0 Å². The Hall–Kier alpha value is -0.740. The van der Waals surface area contributed by atoms with Gasteiger partial charge in [-0.1, -0.05) is 17.8 Å². The number of hydrogen-bond acceptors (Lipinski definition) is 4. The molecule has 0 fully saturated rings. The SMILES string of the molecule is CN1C2=C(SC1CCN)C(=O)CC=C2. The topological polar surface area (TPSA) is 46.3 Å². The largest absolute Gasteiger partial charge is 0.361 e. The molecule has 1 aliphatic heterocycles. The molecular formula is C10H14N2OS. The molecule has 2 aliphatic rings. The van der Waals surface area contributed by atoms with Crippen molar-refractivity contribution in [1.29, 1.82) is 0 Å². The summed E-state index contributed by atoms with van der Waals surface area (Å²) in [6.45, 7) is 0.667. The van der Waals surface area contributed by atoms with Crippen LogP contribution < -0.4 is 5.73 Å². The predicted octanol–water partition coefficient (Wildman–Crippen LogP) is 1.08. The van der Waals surface area contributed by atoms with Gasteiger partial charge in [0.25, 0.3) is 0 Å². The highest BCUT2D eigenvalue weighted by Crippen LogP contribution is 2.41. The van der Waals surface area contributed by atoms with Crippen molar-refractivity contribution in [3.8, 4) is 0 Å². The number of rotatable bonds is 2. The van der Waals surface area contributed by atoms with E-state index in [1.807, 2.05) is 19.2 Å². The van der Waals surface area contributed by atoms with E-state index >= 15 is 0 Å². The highest BCUT2D eigenvalue weighted by molar-refractivity contribution is 8.04. The number of hydrogen-bond donors (Lipinski definition) is 1. The fourth-order valence-electron chi connectivity index (χ4n) is 1.76. The molecule has 1 unspecified atom stereocenters. The van der Waals surface area contributed by atoms with E-state index in [4.69, 9.17) is 5.73 Å². The molecule has 0 bridgehead atoms. The number of thioether (sulfide) groups is 1. The van der Waals surface area contributed by atoms with Crippen molar-refractivity contribution in [3.05, 3.63) is 22.8 Å². The van der Waals surface area contributed by atoms with Crippen LogP contribution in [0.2, 0.25) is 0 Å². The molecule has 1 heterocycles. The van der Waals surface area contributed by atoms with Crippen LogP contribution in [0.3, 0.4) is 0 Å². The zero-order chi connectivity index (χ0) is 10.1. The lowest BCUT2D eigenvalue weighted by atomic mass is 10.1. The molecule has 0 amide bonds. The maximum absolute atomic E-state index is 11.6. The van der Waals surface area contributed by atoms with Gasteiger partial charge in [0.1, 0.15) is 0 Å². The smallest absolute Gasteiger partial charge is 0.175 e. The predicted molar refractivity (Wildman–Crippen MR) is 58.6 cm³/mol. The second kappa shape index (κ2) is 3.79. The average molecular weight is 210 g/mol. The number of carbonyl (C=O) groups excluding carboxylic acids is 1. The Morgan fingerprint density at radius 2 is 2.50 bits per heavy atom. The minimum absolute atomic E-state index is 0.249. The number of Topliss-reactive ketones (excluding diaryl/α,β-unsaturated/α-hetero) is 1. The Bertz CT molecular complexity index is 322.